The third-order valence-electron chi connectivity index (χ3n) is 6.23. The predicted octanol–water partition coefficient (Wildman–Crippen LogP) is 2.21. The summed E-state index contributed by atoms with van der Waals surface area (Å²) in [6, 6.07) is 10.4. The van der Waals surface area contributed by atoms with Crippen molar-refractivity contribution in [3.8, 4) is 0 Å². The first kappa shape index (κ1) is 19.8. The second kappa shape index (κ2) is 8.86. The molecule has 1 aromatic carbocycles. The van der Waals surface area contributed by atoms with Crippen molar-refractivity contribution >= 4 is 5.91 Å². The Morgan fingerprint density at radius 1 is 1.17 bits per heavy atom. The van der Waals surface area contributed by atoms with Gasteiger partial charge in [-0.05, 0) is 24.3 Å². The normalized spacial score (nSPS) is 22.8. The van der Waals surface area contributed by atoms with Gasteiger partial charge >= 0.3 is 0 Å². The molecule has 2 aliphatic rings. The molecule has 1 saturated heterocycles. The van der Waals surface area contributed by atoms with E-state index in [-0.39, 0.29) is 35.5 Å². The summed E-state index contributed by atoms with van der Waals surface area (Å²) < 4.78 is 0. The predicted molar refractivity (Wildman–Crippen MR) is 110 cm³/mol. The van der Waals surface area contributed by atoms with Crippen LogP contribution in [0.5, 0.6) is 0 Å². The van der Waals surface area contributed by atoms with Crippen molar-refractivity contribution in [2.75, 3.05) is 13.1 Å². The molecule has 1 amide bonds. The Balaban J connectivity index is 1.37. The highest BCUT2D eigenvalue weighted by molar-refractivity contribution is 5.78. The zero-order valence-corrected chi connectivity index (χ0v) is 16.9. The third-order valence-corrected chi connectivity index (χ3v) is 6.23. The summed E-state index contributed by atoms with van der Waals surface area (Å²) in [7, 11) is 0. The number of aromatic amines is 1. The highest BCUT2D eigenvalue weighted by Gasteiger charge is 2.33. The molecule has 2 N–H and O–H groups in total. The summed E-state index contributed by atoms with van der Waals surface area (Å²) in [5.74, 6) is 1.28. The number of hydrogen-bond acceptors (Lipinski definition) is 5. The maximum atomic E-state index is 12.5. The van der Waals surface area contributed by atoms with Gasteiger partial charge in [0.15, 0.2) is 0 Å². The van der Waals surface area contributed by atoms with Crippen molar-refractivity contribution in [1.29, 1.82) is 0 Å². The standard InChI is InChI=1S/C22H29N5O2/c1-15-12-27(13-16-7-3-2-4-8-16)14-18(15)20-24-22(29)19(25-26-20)11-23-21(28)17-9-5-6-10-17/h2-4,7-8,15,17-18H,5-6,9-14H2,1H3,(H,23,28)(H,24,26,29). The molecule has 7 nitrogen and oxygen atoms in total. The van der Waals surface area contributed by atoms with Gasteiger partial charge in [-0.3, -0.25) is 14.5 Å². The second-order valence-corrected chi connectivity index (χ2v) is 8.45. The fraction of sp³-hybridized carbons (Fsp3) is 0.545. The van der Waals surface area contributed by atoms with E-state index in [1.165, 1.54) is 5.56 Å². The van der Waals surface area contributed by atoms with Crippen molar-refractivity contribution in [1.82, 2.24) is 25.4 Å². The van der Waals surface area contributed by atoms with Crippen LogP contribution in [-0.4, -0.2) is 39.1 Å². The third kappa shape index (κ3) is 4.72. The molecule has 1 saturated carbocycles. The summed E-state index contributed by atoms with van der Waals surface area (Å²) in [4.78, 5) is 30.0. The summed E-state index contributed by atoms with van der Waals surface area (Å²) >= 11 is 0. The maximum absolute atomic E-state index is 12.5. The Morgan fingerprint density at radius 2 is 1.93 bits per heavy atom. The van der Waals surface area contributed by atoms with Crippen LogP contribution < -0.4 is 10.9 Å². The van der Waals surface area contributed by atoms with Gasteiger partial charge in [0.25, 0.3) is 5.56 Å². The highest BCUT2D eigenvalue weighted by Crippen LogP contribution is 2.30. The van der Waals surface area contributed by atoms with E-state index < -0.39 is 0 Å². The van der Waals surface area contributed by atoms with Crippen LogP contribution in [0.3, 0.4) is 0 Å². The first-order valence-corrected chi connectivity index (χ1v) is 10.6. The summed E-state index contributed by atoms with van der Waals surface area (Å²) in [6.07, 6.45) is 4.08. The molecule has 2 aromatic rings. The van der Waals surface area contributed by atoms with E-state index in [1.54, 1.807) is 0 Å². The number of amides is 1. The molecule has 29 heavy (non-hydrogen) atoms. The van der Waals surface area contributed by atoms with E-state index >= 15 is 0 Å². The van der Waals surface area contributed by atoms with Crippen molar-refractivity contribution in [2.45, 2.75) is 51.6 Å². The second-order valence-electron chi connectivity index (χ2n) is 8.45. The fourth-order valence-electron chi connectivity index (χ4n) is 4.55. The molecule has 7 heteroatoms. The lowest BCUT2D eigenvalue weighted by Crippen LogP contribution is -2.33. The Kier molecular flexibility index (Phi) is 6.04. The monoisotopic (exact) mass is 395 g/mol. The lowest BCUT2D eigenvalue weighted by atomic mass is 9.97. The van der Waals surface area contributed by atoms with Crippen LogP contribution in [0.4, 0.5) is 0 Å². The van der Waals surface area contributed by atoms with Gasteiger partial charge in [-0.25, -0.2) is 0 Å². The number of likely N-dealkylation sites (tertiary alicyclic amines) is 1. The van der Waals surface area contributed by atoms with Gasteiger partial charge in [0.1, 0.15) is 11.5 Å². The van der Waals surface area contributed by atoms with Crippen molar-refractivity contribution in [2.24, 2.45) is 11.8 Å². The number of H-pyrrole nitrogens is 1. The molecule has 1 aliphatic carbocycles. The Morgan fingerprint density at radius 3 is 2.66 bits per heavy atom. The van der Waals surface area contributed by atoms with Crippen LogP contribution in [0.1, 0.15) is 55.6 Å². The first-order chi connectivity index (χ1) is 14.1. The van der Waals surface area contributed by atoms with Gasteiger partial charge in [0, 0.05) is 31.5 Å². The van der Waals surface area contributed by atoms with Crippen molar-refractivity contribution in [3.63, 3.8) is 0 Å². The Labute approximate surface area is 170 Å². The van der Waals surface area contributed by atoms with Gasteiger partial charge in [-0.2, -0.15) is 0 Å². The van der Waals surface area contributed by atoms with Crippen LogP contribution in [0, 0.1) is 11.8 Å². The lowest BCUT2D eigenvalue weighted by molar-refractivity contribution is -0.125. The van der Waals surface area contributed by atoms with Crippen LogP contribution in [-0.2, 0) is 17.9 Å². The molecule has 0 spiro atoms. The minimum atomic E-state index is -0.254. The largest absolute Gasteiger partial charge is 0.350 e. The number of benzene rings is 1. The number of nitrogens with zero attached hydrogens (tertiary/aromatic N) is 3. The van der Waals surface area contributed by atoms with Gasteiger partial charge in [-0.1, -0.05) is 50.1 Å². The number of carbonyl (C=O) groups is 1. The number of carbonyl (C=O) groups excluding carboxylic acids is 1. The minimum Gasteiger partial charge on any atom is -0.350 e. The zero-order chi connectivity index (χ0) is 20.2. The van der Waals surface area contributed by atoms with Crippen LogP contribution in [0.2, 0.25) is 0 Å². The molecule has 154 valence electrons. The molecule has 2 heterocycles. The molecule has 1 aliphatic heterocycles. The van der Waals surface area contributed by atoms with Gasteiger partial charge in [0.2, 0.25) is 5.91 Å². The molecule has 1 aromatic heterocycles. The average molecular weight is 396 g/mol. The topological polar surface area (TPSA) is 91.0 Å². The molecule has 2 unspecified atom stereocenters. The maximum Gasteiger partial charge on any atom is 0.274 e. The number of aromatic nitrogens is 3. The fourth-order valence-corrected chi connectivity index (χ4v) is 4.55. The average Bonchev–Trinajstić information content (AvgIpc) is 3.38. The Bertz CT molecular complexity index is 892. The van der Waals surface area contributed by atoms with Gasteiger partial charge in [0.05, 0.1) is 6.54 Å². The van der Waals surface area contributed by atoms with E-state index in [1.807, 2.05) is 6.07 Å². The number of rotatable bonds is 6. The Hall–Kier alpha value is -2.54. The summed E-state index contributed by atoms with van der Waals surface area (Å²) in [6.45, 7) is 5.02. The molecule has 2 atom stereocenters. The number of hydrogen-bond donors (Lipinski definition) is 2. The highest BCUT2D eigenvalue weighted by atomic mass is 16.2. The quantitative estimate of drug-likeness (QED) is 0.783. The SMILES string of the molecule is CC1CN(Cc2ccccc2)CC1c1nnc(CNC(=O)C2CCCC2)c(=O)[nH]1. The van der Waals surface area contributed by atoms with Crippen LogP contribution in [0.15, 0.2) is 35.1 Å². The lowest BCUT2D eigenvalue weighted by Gasteiger charge is -2.15. The van der Waals surface area contributed by atoms with Crippen molar-refractivity contribution in [3.05, 3.63) is 57.8 Å². The minimum absolute atomic E-state index is 0.0220. The van der Waals surface area contributed by atoms with Gasteiger partial charge < -0.3 is 10.3 Å². The van der Waals surface area contributed by atoms with E-state index in [0.29, 0.717) is 11.7 Å². The van der Waals surface area contributed by atoms with E-state index in [9.17, 15) is 9.59 Å². The molecule has 0 bridgehead atoms. The molecular weight excluding hydrogens is 366 g/mol. The van der Waals surface area contributed by atoms with E-state index in [2.05, 4.69) is 56.6 Å². The molecule has 2 fully saturated rings. The van der Waals surface area contributed by atoms with Gasteiger partial charge in [-0.15, -0.1) is 10.2 Å². The van der Waals surface area contributed by atoms with Crippen molar-refractivity contribution < 1.29 is 4.79 Å². The molecule has 4 rings (SSSR count). The van der Waals surface area contributed by atoms with Crippen LogP contribution in [0.25, 0.3) is 0 Å². The van der Waals surface area contributed by atoms with E-state index in [0.717, 1.165) is 45.3 Å². The summed E-state index contributed by atoms with van der Waals surface area (Å²) in [5.41, 5.74) is 1.30. The number of nitrogens with one attached hydrogen (secondary N) is 2. The van der Waals surface area contributed by atoms with E-state index in [4.69, 9.17) is 0 Å². The first-order valence-electron chi connectivity index (χ1n) is 10.6. The smallest absolute Gasteiger partial charge is 0.274 e. The molecule has 0 radical (unpaired) electrons. The summed E-state index contributed by atoms with van der Waals surface area (Å²) in [5, 5.41) is 11.3. The molecular formula is C22H29N5O2. The van der Waals surface area contributed by atoms with Crippen LogP contribution >= 0.6 is 0 Å². The zero-order valence-electron chi connectivity index (χ0n) is 16.9.